The van der Waals surface area contributed by atoms with Gasteiger partial charge in [0.1, 0.15) is 5.69 Å². The number of benzene rings is 1. The van der Waals surface area contributed by atoms with Gasteiger partial charge in [-0.15, -0.1) is 5.10 Å². The van der Waals surface area contributed by atoms with E-state index in [1.165, 1.54) is 5.56 Å². The summed E-state index contributed by atoms with van der Waals surface area (Å²) in [5.41, 5.74) is 3.63. The van der Waals surface area contributed by atoms with Crippen LogP contribution in [-0.2, 0) is 0 Å². The van der Waals surface area contributed by atoms with E-state index in [0.717, 1.165) is 11.3 Å². The quantitative estimate of drug-likeness (QED) is 0.695. The summed E-state index contributed by atoms with van der Waals surface area (Å²) in [6.07, 6.45) is 2.31. The van der Waals surface area contributed by atoms with E-state index in [-0.39, 0.29) is 0 Å². The van der Waals surface area contributed by atoms with E-state index in [1.807, 2.05) is 32.0 Å². The molecule has 1 aromatic carbocycles. The molecule has 0 bridgehead atoms. The van der Waals surface area contributed by atoms with Crippen LogP contribution in [0, 0.1) is 13.8 Å². The molecule has 0 amide bonds. The van der Waals surface area contributed by atoms with Crippen molar-refractivity contribution in [3.8, 4) is 5.69 Å². The fourth-order valence-electron chi connectivity index (χ4n) is 1.43. The van der Waals surface area contributed by atoms with Crippen LogP contribution in [0.4, 0.5) is 0 Å². The lowest BCUT2D eigenvalue weighted by Crippen LogP contribution is -1.99. The normalized spacial score (nSPS) is 10.3. The van der Waals surface area contributed by atoms with Crippen LogP contribution in [0.3, 0.4) is 0 Å². The van der Waals surface area contributed by atoms with Gasteiger partial charge >= 0.3 is 0 Å². The number of aryl methyl sites for hydroxylation is 1. The Morgan fingerprint density at radius 2 is 2.13 bits per heavy atom. The molecule has 0 N–H and O–H groups in total. The Morgan fingerprint density at radius 1 is 1.33 bits per heavy atom. The van der Waals surface area contributed by atoms with E-state index < -0.39 is 0 Å². The highest BCUT2D eigenvalue weighted by molar-refractivity contribution is 5.70. The van der Waals surface area contributed by atoms with Crippen LogP contribution in [0.1, 0.15) is 21.6 Å². The minimum atomic E-state index is 0.343. The number of aromatic nitrogens is 3. The molecule has 4 nitrogen and oxygen atoms in total. The molecule has 0 fully saturated rings. The number of carbonyl (C=O) groups is 1. The van der Waals surface area contributed by atoms with Crippen molar-refractivity contribution in [3.05, 3.63) is 41.2 Å². The Labute approximate surface area is 87.5 Å². The highest BCUT2D eigenvalue weighted by Gasteiger charge is 2.05. The molecule has 0 saturated heterocycles. The number of carbonyl (C=O) groups excluding carboxylic acids is 1. The lowest BCUT2D eigenvalue weighted by atomic mass is 10.1. The molecule has 0 saturated carbocycles. The van der Waals surface area contributed by atoms with Crippen molar-refractivity contribution in [1.29, 1.82) is 0 Å². The Bertz CT molecular complexity index is 502. The Hall–Kier alpha value is -1.97. The van der Waals surface area contributed by atoms with Crippen molar-refractivity contribution < 1.29 is 4.79 Å². The summed E-state index contributed by atoms with van der Waals surface area (Å²) in [7, 11) is 0. The third-order valence-corrected chi connectivity index (χ3v) is 2.45. The largest absolute Gasteiger partial charge is 0.296 e. The number of aldehydes is 1. The summed E-state index contributed by atoms with van der Waals surface area (Å²) in [5, 5.41) is 7.62. The number of nitrogens with zero attached hydrogens (tertiary/aromatic N) is 3. The highest BCUT2D eigenvalue weighted by Crippen LogP contribution is 2.16. The van der Waals surface area contributed by atoms with Crippen LogP contribution in [0.5, 0.6) is 0 Å². The van der Waals surface area contributed by atoms with Gasteiger partial charge in [-0.05, 0) is 31.0 Å². The first kappa shape index (κ1) is 9.58. The minimum Gasteiger partial charge on any atom is -0.296 e. The smallest absolute Gasteiger partial charge is 0.171 e. The van der Waals surface area contributed by atoms with E-state index in [1.54, 1.807) is 10.9 Å². The maximum atomic E-state index is 10.5. The zero-order valence-electron chi connectivity index (χ0n) is 8.64. The second-order valence-corrected chi connectivity index (χ2v) is 3.42. The van der Waals surface area contributed by atoms with Crippen LogP contribution in [0.15, 0.2) is 24.4 Å². The van der Waals surface area contributed by atoms with Gasteiger partial charge in [0.15, 0.2) is 6.29 Å². The summed E-state index contributed by atoms with van der Waals surface area (Å²) in [4.78, 5) is 10.5. The van der Waals surface area contributed by atoms with Crippen LogP contribution in [-0.4, -0.2) is 21.3 Å². The summed E-state index contributed by atoms with van der Waals surface area (Å²) in [6, 6.07) is 5.95. The van der Waals surface area contributed by atoms with Gasteiger partial charge < -0.3 is 0 Å². The minimum absolute atomic E-state index is 0.343. The van der Waals surface area contributed by atoms with Crippen LogP contribution < -0.4 is 0 Å². The fourth-order valence-corrected chi connectivity index (χ4v) is 1.43. The maximum absolute atomic E-state index is 10.5. The third-order valence-electron chi connectivity index (χ3n) is 2.45. The lowest BCUT2D eigenvalue weighted by molar-refractivity contribution is 0.111. The average molecular weight is 201 g/mol. The van der Waals surface area contributed by atoms with Crippen molar-refractivity contribution >= 4 is 6.29 Å². The lowest BCUT2D eigenvalue weighted by Gasteiger charge is -2.06. The van der Waals surface area contributed by atoms with Gasteiger partial charge in [0.05, 0.1) is 11.9 Å². The maximum Gasteiger partial charge on any atom is 0.171 e. The van der Waals surface area contributed by atoms with Gasteiger partial charge in [0.2, 0.25) is 0 Å². The molecule has 1 heterocycles. The van der Waals surface area contributed by atoms with Crippen molar-refractivity contribution in [3.63, 3.8) is 0 Å². The summed E-state index contributed by atoms with van der Waals surface area (Å²) < 4.78 is 1.62. The molecular weight excluding hydrogens is 190 g/mol. The van der Waals surface area contributed by atoms with E-state index in [2.05, 4.69) is 10.3 Å². The van der Waals surface area contributed by atoms with Crippen molar-refractivity contribution in [1.82, 2.24) is 15.0 Å². The topological polar surface area (TPSA) is 47.8 Å². The molecule has 0 atom stereocenters. The van der Waals surface area contributed by atoms with E-state index in [4.69, 9.17) is 0 Å². The van der Waals surface area contributed by atoms with Crippen LogP contribution in [0.25, 0.3) is 5.69 Å². The zero-order chi connectivity index (χ0) is 10.8. The van der Waals surface area contributed by atoms with Crippen molar-refractivity contribution in [2.24, 2.45) is 0 Å². The molecule has 0 unspecified atom stereocenters. The molecule has 4 heteroatoms. The van der Waals surface area contributed by atoms with Gasteiger partial charge in [0, 0.05) is 0 Å². The molecule has 76 valence electrons. The first-order valence-electron chi connectivity index (χ1n) is 4.66. The highest BCUT2D eigenvalue weighted by atomic mass is 16.1. The Balaban J connectivity index is 2.53. The number of hydrogen-bond donors (Lipinski definition) is 0. The molecular formula is C11H11N3O. The summed E-state index contributed by atoms with van der Waals surface area (Å²) >= 11 is 0. The molecule has 1 aromatic heterocycles. The van der Waals surface area contributed by atoms with Gasteiger partial charge in [-0.2, -0.15) is 0 Å². The summed E-state index contributed by atoms with van der Waals surface area (Å²) in [5.74, 6) is 0. The van der Waals surface area contributed by atoms with Gasteiger partial charge in [-0.3, -0.25) is 4.79 Å². The SMILES string of the molecule is Cc1cccc(-n2cc(C=O)nn2)c1C. The number of rotatable bonds is 2. The van der Waals surface area contributed by atoms with Gasteiger partial charge in [-0.25, -0.2) is 4.68 Å². The molecule has 0 aliphatic heterocycles. The molecule has 0 spiro atoms. The molecule has 0 aliphatic rings. The molecule has 0 aliphatic carbocycles. The van der Waals surface area contributed by atoms with Gasteiger partial charge in [-0.1, -0.05) is 17.3 Å². The zero-order valence-corrected chi connectivity index (χ0v) is 8.64. The van der Waals surface area contributed by atoms with E-state index in [9.17, 15) is 4.79 Å². The average Bonchev–Trinajstić information content (AvgIpc) is 2.70. The third kappa shape index (κ3) is 1.66. The first-order valence-corrected chi connectivity index (χ1v) is 4.66. The van der Waals surface area contributed by atoms with Crippen LogP contribution in [0.2, 0.25) is 0 Å². The predicted molar refractivity (Wildman–Crippen MR) is 56.2 cm³/mol. The number of hydrogen-bond acceptors (Lipinski definition) is 3. The second-order valence-electron chi connectivity index (χ2n) is 3.42. The van der Waals surface area contributed by atoms with Crippen molar-refractivity contribution in [2.75, 3.05) is 0 Å². The summed E-state index contributed by atoms with van der Waals surface area (Å²) in [6.45, 7) is 4.06. The molecule has 15 heavy (non-hydrogen) atoms. The van der Waals surface area contributed by atoms with Crippen LogP contribution >= 0.6 is 0 Å². The van der Waals surface area contributed by atoms with E-state index in [0.29, 0.717) is 12.0 Å². The second kappa shape index (κ2) is 3.65. The molecule has 2 aromatic rings. The first-order chi connectivity index (χ1) is 7.22. The Kier molecular flexibility index (Phi) is 2.33. The predicted octanol–water partition coefficient (Wildman–Crippen LogP) is 1.70. The van der Waals surface area contributed by atoms with E-state index >= 15 is 0 Å². The Morgan fingerprint density at radius 3 is 2.80 bits per heavy atom. The standard InChI is InChI=1S/C11H11N3O/c1-8-4-3-5-11(9(8)2)14-6-10(7-15)12-13-14/h3-7H,1-2H3. The molecule has 0 radical (unpaired) electrons. The fraction of sp³-hybridized carbons (Fsp3) is 0.182. The van der Waals surface area contributed by atoms with Gasteiger partial charge in [0.25, 0.3) is 0 Å². The molecule has 2 rings (SSSR count). The monoisotopic (exact) mass is 201 g/mol. The van der Waals surface area contributed by atoms with Crippen molar-refractivity contribution in [2.45, 2.75) is 13.8 Å².